The van der Waals surface area contributed by atoms with Gasteiger partial charge in [0.15, 0.2) is 11.5 Å². The van der Waals surface area contributed by atoms with Crippen molar-refractivity contribution in [3.8, 4) is 11.5 Å². The Kier molecular flexibility index (Phi) is 2.73. The Morgan fingerprint density at radius 3 is 2.57 bits per heavy atom. The van der Waals surface area contributed by atoms with Crippen LogP contribution in [0, 0.1) is 16.7 Å². The van der Waals surface area contributed by atoms with Crippen LogP contribution in [0.3, 0.4) is 0 Å². The van der Waals surface area contributed by atoms with Crippen LogP contribution in [0.1, 0.15) is 40.0 Å². The lowest BCUT2D eigenvalue weighted by atomic mass is 9.68. The predicted molar refractivity (Wildman–Crippen MR) is 84.2 cm³/mol. The summed E-state index contributed by atoms with van der Waals surface area (Å²) in [5, 5.41) is 4.44. The first-order valence-corrected chi connectivity index (χ1v) is 8.14. The minimum absolute atomic E-state index is 0.282. The van der Waals surface area contributed by atoms with Gasteiger partial charge in [0.05, 0.1) is 10.7 Å². The average molecular weight is 308 g/mol. The normalized spacial score (nSPS) is 35.2. The zero-order valence-electron chi connectivity index (χ0n) is 12.8. The Morgan fingerprint density at radius 2 is 1.90 bits per heavy atom. The fraction of sp³-hybridized carbons (Fsp3) is 0.647. The smallest absolute Gasteiger partial charge is 0.231 e. The minimum atomic E-state index is 0.282. The van der Waals surface area contributed by atoms with Crippen LogP contribution in [0.25, 0.3) is 0 Å². The number of rotatable bonds is 2. The molecule has 3 nitrogen and oxygen atoms in total. The monoisotopic (exact) mass is 307 g/mol. The lowest BCUT2D eigenvalue weighted by Gasteiger charge is -2.43. The maximum absolute atomic E-state index is 6.43. The fourth-order valence-corrected chi connectivity index (χ4v) is 5.05. The molecule has 3 aliphatic rings. The molecular formula is C17H22ClNO2. The molecule has 2 bridgehead atoms. The molecule has 4 heteroatoms. The Bertz CT molecular complexity index is 596. The molecule has 2 saturated carbocycles. The first kappa shape index (κ1) is 13.6. The van der Waals surface area contributed by atoms with Gasteiger partial charge in [-0.25, -0.2) is 0 Å². The number of hydrogen-bond donors (Lipinski definition) is 1. The highest BCUT2D eigenvalue weighted by Gasteiger charge is 2.59. The van der Waals surface area contributed by atoms with Gasteiger partial charge in [-0.15, -0.1) is 0 Å². The highest BCUT2D eigenvalue weighted by atomic mass is 35.5. The third-order valence-electron chi connectivity index (χ3n) is 6.03. The van der Waals surface area contributed by atoms with Crippen molar-refractivity contribution < 1.29 is 9.47 Å². The summed E-state index contributed by atoms with van der Waals surface area (Å²) >= 11 is 6.43. The van der Waals surface area contributed by atoms with Gasteiger partial charge in [0, 0.05) is 18.2 Å². The molecule has 1 N–H and O–H groups in total. The zero-order valence-corrected chi connectivity index (χ0v) is 13.6. The molecule has 0 spiro atoms. The van der Waals surface area contributed by atoms with Crippen molar-refractivity contribution in [2.45, 2.75) is 46.1 Å². The Balaban J connectivity index is 1.67. The van der Waals surface area contributed by atoms with E-state index in [0.717, 1.165) is 23.1 Å². The SMILES string of the molecule is CC12CCC(C1)C(C)(C)C2Nc1cc2c(cc1Cl)OCO2. The Morgan fingerprint density at radius 1 is 1.19 bits per heavy atom. The second kappa shape index (κ2) is 4.22. The molecule has 114 valence electrons. The summed E-state index contributed by atoms with van der Waals surface area (Å²) in [5.41, 5.74) is 1.63. The van der Waals surface area contributed by atoms with Gasteiger partial charge in [-0.05, 0) is 36.0 Å². The summed E-state index contributed by atoms with van der Waals surface area (Å²) in [4.78, 5) is 0. The summed E-state index contributed by atoms with van der Waals surface area (Å²) < 4.78 is 10.9. The molecule has 3 unspecified atom stereocenters. The van der Waals surface area contributed by atoms with Crippen molar-refractivity contribution in [2.24, 2.45) is 16.7 Å². The molecule has 1 aromatic rings. The van der Waals surface area contributed by atoms with Crippen molar-refractivity contribution in [1.29, 1.82) is 0 Å². The molecule has 0 aromatic heterocycles. The summed E-state index contributed by atoms with van der Waals surface area (Å²) in [6.45, 7) is 7.48. The van der Waals surface area contributed by atoms with Gasteiger partial charge in [0.25, 0.3) is 0 Å². The van der Waals surface area contributed by atoms with E-state index in [-0.39, 0.29) is 6.79 Å². The van der Waals surface area contributed by atoms with E-state index < -0.39 is 0 Å². The number of nitrogens with one attached hydrogen (secondary N) is 1. The van der Waals surface area contributed by atoms with E-state index in [1.54, 1.807) is 0 Å². The van der Waals surface area contributed by atoms with Crippen LogP contribution in [0.2, 0.25) is 5.02 Å². The van der Waals surface area contributed by atoms with Gasteiger partial charge >= 0.3 is 0 Å². The van der Waals surface area contributed by atoms with Gasteiger partial charge < -0.3 is 14.8 Å². The van der Waals surface area contributed by atoms with Crippen molar-refractivity contribution in [3.63, 3.8) is 0 Å². The number of ether oxygens (including phenoxy) is 2. The molecule has 1 aliphatic heterocycles. The van der Waals surface area contributed by atoms with Gasteiger partial charge in [0.2, 0.25) is 6.79 Å². The molecule has 1 aromatic carbocycles. The lowest BCUT2D eigenvalue weighted by molar-refractivity contribution is 0.155. The summed E-state index contributed by atoms with van der Waals surface area (Å²) in [5.74, 6) is 2.34. The van der Waals surface area contributed by atoms with Gasteiger partial charge in [-0.3, -0.25) is 0 Å². The van der Waals surface area contributed by atoms with Crippen molar-refractivity contribution >= 4 is 17.3 Å². The van der Waals surface area contributed by atoms with Crippen LogP contribution in [0.15, 0.2) is 12.1 Å². The summed E-state index contributed by atoms with van der Waals surface area (Å²) in [7, 11) is 0. The standard InChI is InChI=1S/C17H22ClNO2/c1-16(2)10-4-5-17(3,8-10)15(16)19-12-7-14-13(6-11(12)18)20-9-21-14/h6-7,10,15,19H,4-5,8-9H2,1-3H3. The van der Waals surface area contributed by atoms with Crippen LogP contribution < -0.4 is 14.8 Å². The zero-order chi connectivity index (χ0) is 14.8. The fourth-order valence-electron chi connectivity index (χ4n) is 4.85. The van der Waals surface area contributed by atoms with E-state index >= 15 is 0 Å². The van der Waals surface area contributed by atoms with Crippen molar-refractivity contribution in [3.05, 3.63) is 17.2 Å². The van der Waals surface area contributed by atoms with Gasteiger partial charge in [0.1, 0.15) is 0 Å². The Labute approximate surface area is 131 Å². The van der Waals surface area contributed by atoms with E-state index in [9.17, 15) is 0 Å². The second-order valence-electron chi connectivity index (χ2n) is 7.68. The van der Waals surface area contributed by atoms with Crippen molar-refractivity contribution in [1.82, 2.24) is 0 Å². The maximum Gasteiger partial charge on any atom is 0.231 e. The molecule has 0 amide bonds. The highest BCUT2D eigenvalue weighted by molar-refractivity contribution is 6.33. The molecule has 0 saturated heterocycles. The number of halogens is 1. The molecule has 1 heterocycles. The molecular weight excluding hydrogens is 286 g/mol. The molecule has 2 aliphatic carbocycles. The van der Waals surface area contributed by atoms with E-state index in [1.807, 2.05) is 12.1 Å². The average Bonchev–Trinajstić information content (AvgIpc) is 3.05. The van der Waals surface area contributed by atoms with Gasteiger partial charge in [-0.2, -0.15) is 0 Å². The van der Waals surface area contributed by atoms with Crippen LogP contribution in [-0.4, -0.2) is 12.8 Å². The quantitative estimate of drug-likeness (QED) is 0.859. The Hall–Kier alpha value is -1.09. The predicted octanol–water partition coefficient (Wildman–Crippen LogP) is 4.70. The van der Waals surface area contributed by atoms with E-state index in [1.165, 1.54) is 19.3 Å². The minimum Gasteiger partial charge on any atom is -0.454 e. The molecule has 0 radical (unpaired) electrons. The van der Waals surface area contributed by atoms with E-state index in [4.69, 9.17) is 21.1 Å². The molecule has 4 rings (SSSR count). The summed E-state index contributed by atoms with van der Waals surface area (Å²) in [6, 6.07) is 4.28. The lowest BCUT2D eigenvalue weighted by Crippen LogP contribution is -2.45. The number of benzene rings is 1. The first-order valence-electron chi connectivity index (χ1n) is 7.76. The van der Waals surface area contributed by atoms with Crippen LogP contribution in [-0.2, 0) is 0 Å². The largest absolute Gasteiger partial charge is 0.454 e. The van der Waals surface area contributed by atoms with E-state index in [0.29, 0.717) is 21.9 Å². The van der Waals surface area contributed by atoms with Crippen molar-refractivity contribution in [2.75, 3.05) is 12.1 Å². The second-order valence-corrected chi connectivity index (χ2v) is 8.08. The van der Waals surface area contributed by atoms with Gasteiger partial charge in [-0.1, -0.05) is 32.4 Å². The molecule has 21 heavy (non-hydrogen) atoms. The summed E-state index contributed by atoms with van der Waals surface area (Å²) in [6.07, 6.45) is 3.98. The number of hydrogen-bond acceptors (Lipinski definition) is 3. The van der Waals surface area contributed by atoms with Crippen LogP contribution >= 0.6 is 11.6 Å². The first-order chi connectivity index (χ1) is 9.90. The maximum atomic E-state index is 6.43. The van der Waals surface area contributed by atoms with Crippen LogP contribution in [0.4, 0.5) is 5.69 Å². The number of anilines is 1. The molecule has 3 atom stereocenters. The topological polar surface area (TPSA) is 30.5 Å². The third-order valence-corrected chi connectivity index (χ3v) is 6.34. The number of fused-ring (bicyclic) bond motifs is 3. The third kappa shape index (κ3) is 1.86. The van der Waals surface area contributed by atoms with Crippen LogP contribution in [0.5, 0.6) is 11.5 Å². The highest BCUT2D eigenvalue weighted by Crippen LogP contribution is 2.63. The molecule has 2 fully saturated rings. The van der Waals surface area contributed by atoms with E-state index in [2.05, 4.69) is 26.1 Å².